The average Bonchev–Trinajstić information content (AvgIpc) is 2.69. The van der Waals surface area contributed by atoms with E-state index >= 15 is 0 Å². The summed E-state index contributed by atoms with van der Waals surface area (Å²) < 4.78 is 0. The second-order valence-corrected chi connectivity index (χ2v) is 8.31. The summed E-state index contributed by atoms with van der Waals surface area (Å²) in [5.41, 5.74) is 1.49. The minimum absolute atomic E-state index is 0.125. The van der Waals surface area contributed by atoms with Crippen molar-refractivity contribution >= 4 is 23.3 Å². The lowest BCUT2D eigenvalue weighted by molar-refractivity contribution is -0.122. The number of aromatic nitrogens is 1. The van der Waals surface area contributed by atoms with E-state index in [-0.39, 0.29) is 11.3 Å². The maximum atomic E-state index is 12.5. The van der Waals surface area contributed by atoms with Crippen molar-refractivity contribution in [1.29, 1.82) is 0 Å². The Morgan fingerprint density at radius 2 is 1.82 bits per heavy atom. The van der Waals surface area contributed by atoms with Crippen molar-refractivity contribution in [3.05, 3.63) is 59.2 Å². The van der Waals surface area contributed by atoms with E-state index in [9.17, 15) is 4.79 Å². The van der Waals surface area contributed by atoms with Crippen LogP contribution in [0.5, 0.6) is 0 Å². The van der Waals surface area contributed by atoms with Crippen LogP contribution in [0.1, 0.15) is 24.8 Å². The molecule has 0 unspecified atom stereocenters. The molecular weight excluding hydrogens is 372 g/mol. The van der Waals surface area contributed by atoms with Gasteiger partial charge in [-0.25, -0.2) is 4.98 Å². The summed E-state index contributed by atoms with van der Waals surface area (Å²) in [6.45, 7) is 4.67. The van der Waals surface area contributed by atoms with Crippen molar-refractivity contribution in [2.75, 3.05) is 44.2 Å². The van der Waals surface area contributed by atoms with E-state index in [4.69, 9.17) is 11.6 Å². The van der Waals surface area contributed by atoms with Crippen molar-refractivity contribution < 1.29 is 4.79 Å². The van der Waals surface area contributed by atoms with Crippen LogP contribution in [0.25, 0.3) is 0 Å². The van der Waals surface area contributed by atoms with Gasteiger partial charge in [-0.15, -0.1) is 0 Å². The number of nitrogens with one attached hydrogen (secondary N) is 1. The molecule has 2 heterocycles. The van der Waals surface area contributed by atoms with Crippen LogP contribution in [0, 0.1) is 0 Å². The number of carbonyl (C=O) groups is 1. The van der Waals surface area contributed by atoms with Crippen molar-refractivity contribution in [3.63, 3.8) is 0 Å². The summed E-state index contributed by atoms with van der Waals surface area (Å²) in [7, 11) is 0. The third-order valence-corrected chi connectivity index (χ3v) is 6.32. The summed E-state index contributed by atoms with van der Waals surface area (Å²) in [5.74, 6) is 1.07. The van der Waals surface area contributed by atoms with Gasteiger partial charge in [0.2, 0.25) is 5.91 Å². The van der Waals surface area contributed by atoms with E-state index < -0.39 is 0 Å². The van der Waals surface area contributed by atoms with E-state index in [1.165, 1.54) is 12.0 Å². The Labute approximate surface area is 171 Å². The maximum absolute atomic E-state index is 12.5. The molecule has 1 N–H and O–H groups in total. The molecule has 5 nitrogen and oxygen atoms in total. The zero-order valence-corrected chi connectivity index (χ0v) is 16.9. The summed E-state index contributed by atoms with van der Waals surface area (Å²) >= 11 is 5.91. The zero-order valence-electron chi connectivity index (χ0n) is 16.1. The fourth-order valence-corrected chi connectivity index (χ4v) is 4.29. The van der Waals surface area contributed by atoms with Gasteiger partial charge in [0.1, 0.15) is 5.82 Å². The highest BCUT2D eigenvalue weighted by Crippen LogP contribution is 2.43. The Hall–Kier alpha value is -2.11. The number of hydrogen-bond acceptors (Lipinski definition) is 4. The van der Waals surface area contributed by atoms with Crippen LogP contribution in [0.2, 0.25) is 5.02 Å². The first-order valence-electron chi connectivity index (χ1n) is 10.1. The Morgan fingerprint density at radius 1 is 1.07 bits per heavy atom. The third-order valence-electron chi connectivity index (χ3n) is 6.10. The van der Waals surface area contributed by atoms with E-state index in [1.807, 2.05) is 18.2 Å². The standard InChI is InChI=1S/C22H27ClN4O/c23-19-7-8-20(24-15-19)27-13-11-26(12-14-27)16-21(28)25-17-22(9-4-10-22)18-5-2-1-3-6-18/h1-3,5-8,15H,4,9-14,16-17H2,(H,25,28). The molecule has 1 saturated heterocycles. The normalized spacial score (nSPS) is 19.1. The summed E-state index contributed by atoms with van der Waals surface area (Å²) in [5, 5.41) is 3.85. The van der Waals surface area contributed by atoms with Crippen LogP contribution >= 0.6 is 11.6 Å². The Morgan fingerprint density at radius 3 is 2.43 bits per heavy atom. The van der Waals surface area contributed by atoms with Crippen molar-refractivity contribution in [2.24, 2.45) is 0 Å². The smallest absolute Gasteiger partial charge is 0.234 e. The molecule has 0 spiro atoms. The fourth-order valence-electron chi connectivity index (χ4n) is 4.18. The molecule has 148 valence electrons. The van der Waals surface area contributed by atoms with Crippen LogP contribution in [0.3, 0.4) is 0 Å². The zero-order chi connectivity index (χ0) is 19.4. The number of benzene rings is 1. The second kappa shape index (κ2) is 8.50. The highest BCUT2D eigenvalue weighted by atomic mass is 35.5. The number of amides is 1. The van der Waals surface area contributed by atoms with E-state index in [0.717, 1.165) is 51.4 Å². The molecule has 1 saturated carbocycles. The molecule has 28 heavy (non-hydrogen) atoms. The van der Waals surface area contributed by atoms with Gasteiger partial charge in [0.05, 0.1) is 11.6 Å². The molecule has 0 radical (unpaired) electrons. The number of nitrogens with zero attached hydrogens (tertiary/aromatic N) is 3. The molecule has 6 heteroatoms. The van der Waals surface area contributed by atoms with Crippen LogP contribution in [0.15, 0.2) is 48.7 Å². The lowest BCUT2D eigenvalue weighted by atomic mass is 9.64. The van der Waals surface area contributed by atoms with Crippen molar-refractivity contribution in [2.45, 2.75) is 24.7 Å². The lowest BCUT2D eigenvalue weighted by Gasteiger charge is -2.43. The van der Waals surface area contributed by atoms with Gasteiger partial charge in [0.15, 0.2) is 0 Å². The quantitative estimate of drug-likeness (QED) is 0.812. The van der Waals surface area contributed by atoms with Crippen LogP contribution in [-0.4, -0.2) is 55.1 Å². The number of pyridine rings is 1. The predicted octanol–water partition coefficient (Wildman–Crippen LogP) is 3.10. The van der Waals surface area contributed by atoms with Crippen LogP contribution in [0.4, 0.5) is 5.82 Å². The molecule has 2 aliphatic rings. The van der Waals surface area contributed by atoms with Crippen LogP contribution in [-0.2, 0) is 10.2 Å². The number of halogens is 1. The summed E-state index contributed by atoms with van der Waals surface area (Å²) in [4.78, 5) is 21.4. The van der Waals surface area contributed by atoms with Gasteiger partial charge in [-0.05, 0) is 30.5 Å². The molecule has 4 rings (SSSR count). The van der Waals surface area contributed by atoms with Crippen molar-refractivity contribution in [3.8, 4) is 0 Å². The minimum Gasteiger partial charge on any atom is -0.354 e. The first kappa shape index (κ1) is 19.2. The third kappa shape index (κ3) is 4.31. The molecule has 1 amide bonds. The monoisotopic (exact) mass is 398 g/mol. The number of piperazine rings is 1. The molecule has 1 aromatic carbocycles. The van der Waals surface area contributed by atoms with Gasteiger partial charge in [-0.1, -0.05) is 48.4 Å². The van der Waals surface area contributed by atoms with Crippen molar-refractivity contribution in [1.82, 2.24) is 15.2 Å². The average molecular weight is 399 g/mol. The number of rotatable bonds is 6. The van der Waals surface area contributed by atoms with Gasteiger partial charge in [-0.2, -0.15) is 0 Å². The molecule has 2 aromatic rings. The highest BCUT2D eigenvalue weighted by molar-refractivity contribution is 6.30. The van der Waals surface area contributed by atoms with Gasteiger partial charge < -0.3 is 10.2 Å². The number of hydrogen-bond donors (Lipinski definition) is 1. The Bertz CT molecular complexity index is 784. The SMILES string of the molecule is O=C(CN1CCN(c2ccc(Cl)cn2)CC1)NCC1(c2ccccc2)CCC1. The maximum Gasteiger partial charge on any atom is 0.234 e. The summed E-state index contributed by atoms with van der Waals surface area (Å²) in [6.07, 6.45) is 5.24. The fraction of sp³-hybridized carbons (Fsp3) is 0.455. The number of carbonyl (C=O) groups excluding carboxylic acids is 1. The van der Waals surface area contributed by atoms with Gasteiger partial charge >= 0.3 is 0 Å². The predicted molar refractivity (Wildman–Crippen MR) is 113 cm³/mol. The largest absolute Gasteiger partial charge is 0.354 e. The molecular formula is C22H27ClN4O. The number of anilines is 1. The first-order valence-corrected chi connectivity index (χ1v) is 10.4. The lowest BCUT2D eigenvalue weighted by Crippen LogP contribution is -2.51. The van der Waals surface area contributed by atoms with Gasteiger partial charge in [0.25, 0.3) is 0 Å². The Kier molecular flexibility index (Phi) is 5.83. The minimum atomic E-state index is 0.125. The van der Waals surface area contributed by atoms with Gasteiger partial charge in [-0.3, -0.25) is 9.69 Å². The molecule has 1 aliphatic carbocycles. The second-order valence-electron chi connectivity index (χ2n) is 7.87. The topological polar surface area (TPSA) is 48.5 Å². The molecule has 1 aromatic heterocycles. The highest BCUT2D eigenvalue weighted by Gasteiger charge is 2.38. The Balaban J connectivity index is 1.24. The van der Waals surface area contributed by atoms with E-state index in [2.05, 4.69) is 44.4 Å². The van der Waals surface area contributed by atoms with Crippen LogP contribution < -0.4 is 10.2 Å². The molecule has 0 bridgehead atoms. The summed E-state index contributed by atoms with van der Waals surface area (Å²) in [6, 6.07) is 14.4. The first-order chi connectivity index (χ1) is 13.6. The van der Waals surface area contributed by atoms with E-state index in [0.29, 0.717) is 11.6 Å². The van der Waals surface area contributed by atoms with E-state index in [1.54, 1.807) is 6.20 Å². The molecule has 1 aliphatic heterocycles. The van der Waals surface area contributed by atoms with Gasteiger partial charge in [0, 0.05) is 44.3 Å². The molecule has 2 fully saturated rings. The molecule has 0 atom stereocenters.